The maximum absolute atomic E-state index is 14.9. The number of rotatable bonds is 7. The zero-order valence-electron chi connectivity index (χ0n) is 16.5. The first kappa shape index (κ1) is 22.0. The third kappa shape index (κ3) is 4.97. The first-order chi connectivity index (χ1) is 15.4. The van der Waals surface area contributed by atoms with Gasteiger partial charge in [0.25, 0.3) is 5.91 Å². The first-order valence-corrected chi connectivity index (χ1v) is 10.4. The SMILES string of the molecule is O=C(NCC1CN(c2ccc(-c3ccc(Cn4cnnn4)cc3)c(F)c2)C(=O)O1)C(Cl)Cl. The largest absolute Gasteiger partial charge is 0.442 e. The molecule has 166 valence electrons. The fraction of sp³-hybridized carbons (Fsp3) is 0.250. The van der Waals surface area contributed by atoms with Crippen LogP contribution in [0, 0.1) is 5.82 Å². The highest BCUT2D eigenvalue weighted by Gasteiger charge is 2.33. The third-order valence-corrected chi connectivity index (χ3v) is 5.24. The number of benzene rings is 2. The van der Waals surface area contributed by atoms with Gasteiger partial charge in [-0.2, -0.15) is 0 Å². The molecule has 1 fully saturated rings. The Morgan fingerprint density at radius 3 is 2.69 bits per heavy atom. The smallest absolute Gasteiger partial charge is 0.414 e. The average molecular weight is 479 g/mol. The maximum atomic E-state index is 14.9. The molecule has 0 radical (unpaired) electrons. The van der Waals surface area contributed by atoms with E-state index >= 15 is 0 Å². The van der Waals surface area contributed by atoms with Crippen molar-refractivity contribution < 1.29 is 18.7 Å². The molecule has 3 aromatic rings. The van der Waals surface area contributed by atoms with E-state index < -0.39 is 28.8 Å². The van der Waals surface area contributed by atoms with Crippen molar-refractivity contribution in [3.63, 3.8) is 0 Å². The Hall–Kier alpha value is -3.24. The quantitative estimate of drug-likeness (QED) is 0.523. The van der Waals surface area contributed by atoms with Gasteiger partial charge in [0.2, 0.25) is 0 Å². The molecule has 1 N–H and O–H groups in total. The topological polar surface area (TPSA) is 102 Å². The van der Waals surface area contributed by atoms with Crippen molar-refractivity contribution in [3.05, 3.63) is 60.2 Å². The minimum absolute atomic E-state index is 0.0502. The van der Waals surface area contributed by atoms with Crippen LogP contribution < -0.4 is 10.2 Å². The molecule has 1 unspecified atom stereocenters. The molecule has 1 aliphatic rings. The van der Waals surface area contributed by atoms with Gasteiger partial charge in [-0.15, -0.1) is 5.10 Å². The molecule has 1 saturated heterocycles. The van der Waals surface area contributed by atoms with E-state index in [1.807, 2.05) is 24.3 Å². The number of anilines is 1. The van der Waals surface area contributed by atoms with E-state index in [0.29, 0.717) is 23.4 Å². The van der Waals surface area contributed by atoms with Crippen LogP contribution in [-0.2, 0) is 16.1 Å². The fourth-order valence-electron chi connectivity index (χ4n) is 3.27. The van der Waals surface area contributed by atoms with Crippen molar-refractivity contribution in [2.75, 3.05) is 18.0 Å². The summed E-state index contributed by atoms with van der Waals surface area (Å²) in [5.41, 5.74) is 2.41. The number of tetrazole rings is 1. The van der Waals surface area contributed by atoms with Crippen LogP contribution in [0.5, 0.6) is 0 Å². The molecule has 4 rings (SSSR count). The van der Waals surface area contributed by atoms with Crippen LogP contribution >= 0.6 is 23.2 Å². The Bertz CT molecular complexity index is 1110. The lowest BCUT2D eigenvalue weighted by Gasteiger charge is -2.15. The van der Waals surface area contributed by atoms with Gasteiger partial charge in [0, 0.05) is 5.56 Å². The monoisotopic (exact) mass is 478 g/mol. The van der Waals surface area contributed by atoms with E-state index in [-0.39, 0.29) is 13.1 Å². The van der Waals surface area contributed by atoms with Gasteiger partial charge in [-0.1, -0.05) is 47.5 Å². The van der Waals surface area contributed by atoms with Crippen molar-refractivity contribution in [3.8, 4) is 11.1 Å². The van der Waals surface area contributed by atoms with Gasteiger partial charge in [-0.25, -0.2) is 13.9 Å². The van der Waals surface area contributed by atoms with E-state index in [1.54, 1.807) is 16.8 Å². The minimum Gasteiger partial charge on any atom is -0.442 e. The molecule has 1 aliphatic heterocycles. The summed E-state index contributed by atoms with van der Waals surface area (Å²) in [5.74, 6) is -1.06. The number of halogens is 3. The molecule has 0 bridgehead atoms. The predicted molar refractivity (Wildman–Crippen MR) is 115 cm³/mol. The Kier molecular flexibility index (Phi) is 6.52. The number of hydrogen-bond acceptors (Lipinski definition) is 6. The highest BCUT2D eigenvalue weighted by Crippen LogP contribution is 2.29. The van der Waals surface area contributed by atoms with Crippen molar-refractivity contribution in [1.29, 1.82) is 0 Å². The van der Waals surface area contributed by atoms with Crippen LogP contribution in [0.25, 0.3) is 11.1 Å². The number of carbonyl (C=O) groups is 2. The highest BCUT2D eigenvalue weighted by molar-refractivity contribution is 6.53. The van der Waals surface area contributed by atoms with Crippen molar-refractivity contribution in [2.45, 2.75) is 17.5 Å². The molecule has 0 saturated carbocycles. The van der Waals surface area contributed by atoms with E-state index in [0.717, 1.165) is 5.56 Å². The van der Waals surface area contributed by atoms with Gasteiger partial charge in [-0.3, -0.25) is 9.69 Å². The summed E-state index contributed by atoms with van der Waals surface area (Å²) in [6, 6.07) is 11.9. The van der Waals surface area contributed by atoms with Crippen LogP contribution in [0.1, 0.15) is 5.56 Å². The van der Waals surface area contributed by atoms with Crippen LogP contribution in [0.3, 0.4) is 0 Å². The molecule has 32 heavy (non-hydrogen) atoms. The number of ether oxygens (including phenoxy) is 1. The summed E-state index contributed by atoms with van der Waals surface area (Å²) < 4.78 is 21.7. The number of nitrogens with one attached hydrogen (secondary N) is 1. The van der Waals surface area contributed by atoms with Gasteiger partial charge in [0.05, 0.1) is 25.3 Å². The second-order valence-corrected chi connectivity index (χ2v) is 8.13. The average Bonchev–Trinajstić information content (AvgIpc) is 3.42. The number of cyclic esters (lactones) is 1. The Balaban J connectivity index is 1.43. The molecule has 2 amide bonds. The Morgan fingerprint density at radius 1 is 1.25 bits per heavy atom. The van der Waals surface area contributed by atoms with Gasteiger partial charge in [0.15, 0.2) is 4.84 Å². The Labute approximate surface area is 192 Å². The van der Waals surface area contributed by atoms with E-state index in [1.165, 1.54) is 17.3 Å². The number of carbonyl (C=O) groups excluding carboxylic acids is 2. The van der Waals surface area contributed by atoms with E-state index in [2.05, 4.69) is 20.8 Å². The van der Waals surface area contributed by atoms with Gasteiger partial charge in [0.1, 0.15) is 18.2 Å². The third-order valence-electron chi connectivity index (χ3n) is 4.84. The lowest BCUT2D eigenvalue weighted by atomic mass is 10.0. The zero-order chi connectivity index (χ0) is 22.7. The maximum Gasteiger partial charge on any atom is 0.414 e. The second-order valence-electron chi connectivity index (χ2n) is 7.03. The van der Waals surface area contributed by atoms with E-state index in [9.17, 15) is 14.0 Å². The fourth-order valence-corrected chi connectivity index (χ4v) is 3.42. The molecule has 1 atom stereocenters. The van der Waals surface area contributed by atoms with Gasteiger partial charge < -0.3 is 10.1 Å². The lowest BCUT2D eigenvalue weighted by Crippen LogP contribution is -2.37. The highest BCUT2D eigenvalue weighted by atomic mass is 35.5. The van der Waals surface area contributed by atoms with Crippen molar-refractivity contribution >= 4 is 40.9 Å². The van der Waals surface area contributed by atoms with Crippen LogP contribution in [0.2, 0.25) is 0 Å². The lowest BCUT2D eigenvalue weighted by molar-refractivity contribution is -0.119. The normalized spacial score (nSPS) is 15.8. The Morgan fingerprint density at radius 2 is 2.03 bits per heavy atom. The number of nitrogens with zero attached hydrogens (tertiary/aromatic N) is 5. The number of amides is 2. The van der Waals surface area contributed by atoms with Gasteiger partial charge in [-0.05, 0) is 39.8 Å². The molecule has 0 spiro atoms. The molecule has 1 aromatic heterocycles. The molecule has 9 nitrogen and oxygen atoms in total. The first-order valence-electron chi connectivity index (χ1n) is 9.54. The number of aromatic nitrogens is 4. The molecule has 0 aliphatic carbocycles. The van der Waals surface area contributed by atoms with Gasteiger partial charge >= 0.3 is 6.09 Å². The molecular formula is C20H17Cl2FN6O3. The summed E-state index contributed by atoms with van der Waals surface area (Å²) in [5, 5.41) is 13.5. The van der Waals surface area contributed by atoms with Crippen molar-refractivity contribution in [2.24, 2.45) is 0 Å². The van der Waals surface area contributed by atoms with E-state index in [4.69, 9.17) is 27.9 Å². The summed E-state index contributed by atoms with van der Waals surface area (Å²) in [7, 11) is 0. The molecule has 2 heterocycles. The second kappa shape index (κ2) is 9.49. The predicted octanol–water partition coefficient (Wildman–Crippen LogP) is 2.77. The van der Waals surface area contributed by atoms with Crippen molar-refractivity contribution in [1.82, 2.24) is 25.5 Å². The number of hydrogen-bond donors (Lipinski definition) is 1. The molecule has 12 heteroatoms. The van der Waals surface area contributed by atoms with Crippen LogP contribution in [0.15, 0.2) is 48.8 Å². The molecular weight excluding hydrogens is 462 g/mol. The molecule has 2 aromatic carbocycles. The zero-order valence-corrected chi connectivity index (χ0v) is 18.0. The summed E-state index contributed by atoms with van der Waals surface area (Å²) in [4.78, 5) is 23.8. The minimum atomic E-state index is -1.21. The number of alkyl halides is 2. The summed E-state index contributed by atoms with van der Waals surface area (Å²) >= 11 is 10.9. The summed E-state index contributed by atoms with van der Waals surface area (Å²) in [6.07, 6.45) is 0.284. The standard InChI is InChI=1S/C20H17Cl2FN6O3/c21-18(22)19(30)24-8-15-10-29(20(31)32-15)14-5-6-16(17(23)7-14)13-3-1-12(2-4-13)9-28-11-25-26-27-28/h1-7,11,15,18H,8-10H2,(H,24,30). The van der Waals surface area contributed by atoms with Crippen LogP contribution in [0.4, 0.5) is 14.9 Å². The summed E-state index contributed by atoms with van der Waals surface area (Å²) in [6.45, 7) is 0.706. The van der Waals surface area contributed by atoms with Crippen LogP contribution in [-0.4, -0.2) is 56.2 Å².